The third-order valence-corrected chi connectivity index (χ3v) is 3.48. The van der Waals surface area contributed by atoms with Crippen molar-refractivity contribution in [3.05, 3.63) is 66.1 Å². The molecule has 2 heteroatoms. The Balaban J connectivity index is 1.89. The minimum atomic E-state index is 0.507. The Bertz CT molecular complexity index is 640. The molecule has 0 amide bonds. The second kappa shape index (κ2) is 4.65. The molecule has 0 aliphatic carbocycles. The number of benzene rings is 1. The number of H-pyrrole nitrogens is 1. The number of hydrogen-bond acceptors (Lipinski definition) is 1. The number of nitrogens with zero attached hydrogens (tertiary/aromatic N) is 1. The van der Waals surface area contributed by atoms with Gasteiger partial charge in [-0.15, -0.1) is 0 Å². The molecule has 0 saturated carbocycles. The Morgan fingerprint density at radius 3 is 2.72 bits per heavy atom. The lowest BCUT2D eigenvalue weighted by molar-refractivity contribution is 0.761. The van der Waals surface area contributed by atoms with Crippen molar-refractivity contribution in [3.63, 3.8) is 0 Å². The fraction of sp³-hybridized carbons (Fsp3) is 0.188. The van der Waals surface area contributed by atoms with Gasteiger partial charge in [-0.2, -0.15) is 0 Å². The van der Waals surface area contributed by atoms with Gasteiger partial charge in [0.15, 0.2) is 0 Å². The van der Waals surface area contributed by atoms with E-state index in [1.54, 1.807) is 0 Å². The van der Waals surface area contributed by atoms with Crippen LogP contribution >= 0.6 is 0 Å². The average molecular weight is 236 g/mol. The van der Waals surface area contributed by atoms with E-state index in [2.05, 4.69) is 59.5 Å². The lowest BCUT2D eigenvalue weighted by Gasteiger charge is -2.10. The highest BCUT2D eigenvalue weighted by molar-refractivity contribution is 5.83. The molecule has 2 nitrogen and oxygen atoms in total. The van der Waals surface area contributed by atoms with Gasteiger partial charge in [0.05, 0.1) is 0 Å². The third kappa shape index (κ3) is 2.02. The van der Waals surface area contributed by atoms with Gasteiger partial charge in [-0.05, 0) is 41.7 Å². The van der Waals surface area contributed by atoms with Crippen molar-refractivity contribution in [2.24, 2.45) is 0 Å². The molecule has 18 heavy (non-hydrogen) atoms. The number of rotatable bonds is 3. The van der Waals surface area contributed by atoms with Gasteiger partial charge in [-0.1, -0.05) is 25.1 Å². The second-order valence-corrected chi connectivity index (χ2v) is 4.75. The molecule has 2 aromatic heterocycles. The van der Waals surface area contributed by atoms with Crippen LogP contribution in [0.4, 0.5) is 0 Å². The monoisotopic (exact) mass is 236 g/mol. The van der Waals surface area contributed by atoms with Crippen LogP contribution in [0.1, 0.15) is 24.0 Å². The highest BCUT2D eigenvalue weighted by Gasteiger charge is 2.09. The zero-order chi connectivity index (χ0) is 12.4. The first-order chi connectivity index (χ1) is 8.84. The number of fused-ring (bicyclic) bond motifs is 1. The highest BCUT2D eigenvalue weighted by atomic mass is 14.7. The quantitative estimate of drug-likeness (QED) is 0.733. The Morgan fingerprint density at radius 1 is 1.11 bits per heavy atom. The summed E-state index contributed by atoms with van der Waals surface area (Å²) in [4.78, 5) is 7.40. The molecule has 0 saturated heterocycles. The first-order valence-electron chi connectivity index (χ1n) is 6.29. The smallest absolute Gasteiger partial charge is 0.0456 e. The molecule has 0 bridgehead atoms. The van der Waals surface area contributed by atoms with Crippen molar-refractivity contribution in [2.75, 3.05) is 0 Å². The van der Waals surface area contributed by atoms with E-state index < -0.39 is 0 Å². The minimum Gasteiger partial charge on any atom is -0.361 e. The maximum absolute atomic E-state index is 4.07. The first-order valence-corrected chi connectivity index (χ1v) is 6.29. The Labute approximate surface area is 107 Å². The summed E-state index contributed by atoms with van der Waals surface area (Å²) >= 11 is 0. The molecule has 1 atom stereocenters. The number of para-hydroxylation sites is 1. The van der Waals surface area contributed by atoms with Gasteiger partial charge in [-0.3, -0.25) is 4.98 Å². The molecule has 90 valence electrons. The van der Waals surface area contributed by atoms with Crippen LogP contribution in [0.5, 0.6) is 0 Å². The molecule has 1 N–H and O–H groups in total. The Morgan fingerprint density at radius 2 is 1.89 bits per heavy atom. The fourth-order valence-corrected chi connectivity index (χ4v) is 2.44. The van der Waals surface area contributed by atoms with E-state index in [0.717, 1.165) is 6.42 Å². The summed E-state index contributed by atoms with van der Waals surface area (Å²) in [5.74, 6) is 0.507. The number of aromatic nitrogens is 2. The number of hydrogen-bond donors (Lipinski definition) is 1. The summed E-state index contributed by atoms with van der Waals surface area (Å²) < 4.78 is 0. The molecule has 0 spiro atoms. The van der Waals surface area contributed by atoms with Gasteiger partial charge in [0.25, 0.3) is 0 Å². The van der Waals surface area contributed by atoms with Gasteiger partial charge < -0.3 is 4.98 Å². The SMILES string of the molecule is CC(Cc1c[nH]c2ccccc12)c1ccncc1. The van der Waals surface area contributed by atoms with E-state index >= 15 is 0 Å². The molecule has 3 aromatic rings. The van der Waals surface area contributed by atoms with Crippen molar-refractivity contribution in [2.45, 2.75) is 19.3 Å². The van der Waals surface area contributed by atoms with Crippen LogP contribution in [0.3, 0.4) is 0 Å². The van der Waals surface area contributed by atoms with Crippen LogP contribution in [0.15, 0.2) is 55.0 Å². The first kappa shape index (κ1) is 11.0. The summed E-state index contributed by atoms with van der Waals surface area (Å²) in [7, 11) is 0. The topological polar surface area (TPSA) is 28.7 Å². The Kier molecular flexibility index (Phi) is 2.85. The largest absolute Gasteiger partial charge is 0.361 e. The highest BCUT2D eigenvalue weighted by Crippen LogP contribution is 2.25. The summed E-state index contributed by atoms with van der Waals surface area (Å²) in [6, 6.07) is 12.7. The van der Waals surface area contributed by atoms with Gasteiger partial charge in [-0.25, -0.2) is 0 Å². The predicted molar refractivity (Wildman–Crippen MR) is 74.7 cm³/mol. The Hall–Kier alpha value is -2.09. The molecule has 1 unspecified atom stereocenters. The summed E-state index contributed by atoms with van der Waals surface area (Å²) in [5.41, 5.74) is 3.94. The number of pyridine rings is 1. The lowest BCUT2D eigenvalue weighted by Crippen LogP contribution is -1.97. The molecule has 2 heterocycles. The van der Waals surface area contributed by atoms with Crippen LogP contribution in [-0.4, -0.2) is 9.97 Å². The predicted octanol–water partition coefficient (Wildman–Crippen LogP) is 3.91. The average Bonchev–Trinajstić information content (AvgIpc) is 2.83. The zero-order valence-electron chi connectivity index (χ0n) is 10.4. The van der Waals surface area contributed by atoms with Crippen LogP contribution in [0.2, 0.25) is 0 Å². The number of aromatic amines is 1. The standard InChI is InChI=1S/C16H16N2/c1-12(13-6-8-17-9-7-13)10-14-11-18-16-5-3-2-4-15(14)16/h2-9,11-12,18H,10H2,1H3. The molecule has 0 fully saturated rings. The molecular formula is C16H16N2. The molecule has 1 aromatic carbocycles. The van der Waals surface area contributed by atoms with E-state index in [9.17, 15) is 0 Å². The summed E-state index contributed by atoms with van der Waals surface area (Å²) in [6.07, 6.45) is 6.90. The van der Waals surface area contributed by atoms with E-state index in [1.807, 2.05) is 12.4 Å². The van der Waals surface area contributed by atoms with Crippen molar-refractivity contribution < 1.29 is 0 Å². The zero-order valence-corrected chi connectivity index (χ0v) is 10.4. The summed E-state index contributed by atoms with van der Waals surface area (Å²) in [5, 5.41) is 1.33. The molecule has 0 aliphatic rings. The van der Waals surface area contributed by atoms with Crippen molar-refractivity contribution in [1.29, 1.82) is 0 Å². The van der Waals surface area contributed by atoms with E-state index in [4.69, 9.17) is 0 Å². The number of nitrogens with one attached hydrogen (secondary N) is 1. The van der Waals surface area contributed by atoms with Gasteiger partial charge >= 0.3 is 0 Å². The molecular weight excluding hydrogens is 220 g/mol. The van der Waals surface area contributed by atoms with Crippen LogP contribution < -0.4 is 0 Å². The van der Waals surface area contributed by atoms with Crippen LogP contribution in [-0.2, 0) is 6.42 Å². The minimum absolute atomic E-state index is 0.507. The van der Waals surface area contributed by atoms with Crippen molar-refractivity contribution in [3.8, 4) is 0 Å². The second-order valence-electron chi connectivity index (χ2n) is 4.75. The van der Waals surface area contributed by atoms with E-state index in [1.165, 1.54) is 22.0 Å². The lowest BCUT2D eigenvalue weighted by atomic mass is 9.94. The van der Waals surface area contributed by atoms with E-state index in [0.29, 0.717) is 5.92 Å². The maximum Gasteiger partial charge on any atom is 0.0456 e. The molecule has 3 rings (SSSR count). The maximum atomic E-state index is 4.07. The third-order valence-electron chi connectivity index (χ3n) is 3.48. The van der Waals surface area contributed by atoms with Crippen molar-refractivity contribution in [1.82, 2.24) is 9.97 Å². The van der Waals surface area contributed by atoms with Crippen molar-refractivity contribution >= 4 is 10.9 Å². The fourth-order valence-electron chi connectivity index (χ4n) is 2.44. The van der Waals surface area contributed by atoms with Gasteiger partial charge in [0.2, 0.25) is 0 Å². The van der Waals surface area contributed by atoms with Crippen LogP contribution in [0, 0.1) is 0 Å². The van der Waals surface area contributed by atoms with Crippen LogP contribution in [0.25, 0.3) is 10.9 Å². The molecule has 0 radical (unpaired) electrons. The van der Waals surface area contributed by atoms with Gasteiger partial charge in [0, 0.05) is 29.5 Å². The summed E-state index contributed by atoms with van der Waals surface area (Å²) in [6.45, 7) is 2.26. The molecule has 0 aliphatic heterocycles. The van der Waals surface area contributed by atoms with Gasteiger partial charge in [0.1, 0.15) is 0 Å². The normalized spacial score (nSPS) is 12.7. The van der Waals surface area contributed by atoms with E-state index in [-0.39, 0.29) is 0 Å².